The number of halogens is 1. The second-order valence-electron chi connectivity index (χ2n) is 5.98. The van der Waals surface area contributed by atoms with E-state index in [1.54, 1.807) is 12.1 Å². The number of nitrogens with one attached hydrogen (secondary N) is 1. The average Bonchev–Trinajstić information content (AvgIpc) is 2.83. The summed E-state index contributed by atoms with van der Waals surface area (Å²) in [6, 6.07) is 5.98. The summed E-state index contributed by atoms with van der Waals surface area (Å²) in [5.74, 6) is -0.0971. The molecule has 0 saturated heterocycles. The van der Waals surface area contributed by atoms with E-state index in [1.807, 2.05) is 0 Å². The van der Waals surface area contributed by atoms with Crippen molar-refractivity contribution >= 4 is 43.9 Å². The second-order valence-corrected chi connectivity index (χ2v) is 9.21. The van der Waals surface area contributed by atoms with Gasteiger partial charge in [-0.05, 0) is 48.9 Å². The highest BCUT2D eigenvalue weighted by atomic mass is 35.5. The van der Waals surface area contributed by atoms with Crippen LogP contribution in [0.5, 0.6) is 0 Å². The first-order chi connectivity index (χ1) is 11.3. The Morgan fingerprint density at radius 3 is 2.83 bits per heavy atom. The quantitative estimate of drug-likeness (QED) is 0.846. The lowest BCUT2D eigenvalue weighted by Crippen LogP contribution is -2.19. The van der Waals surface area contributed by atoms with Gasteiger partial charge >= 0.3 is 0 Å². The molecule has 1 aliphatic carbocycles. The van der Waals surface area contributed by atoms with Crippen molar-refractivity contribution in [1.82, 2.24) is 0 Å². The third-order valence-corrected chi connectivity index (χ3v) is 6.97. The van der Waals surface area contributed by atoms with Crippen LogP contribution in [-0.2, 0) is 22.9 Å². The number of fused-ring (bicyclic) bond motifs is 1. The van der Waals surface area contributed by atoms with Crippen LogP contribution in [0.1, 0.15) is 34.1 Å². The molecule has 24 heavy (non-hydrogen) atoms. The Hall–Kier alpha value is -1.57. The Morgan fingerprint density at radius 2 is 2.17 bits per heavy atom. The molecule has 128 valence electrons. The summed E-state index contributed by atoms with van der Waals surface area (Å²) < 4.78 is 27.7. The summed E-state index contributed by atoms with van der Waals surface area (Å²) >= 11 is 7.17. The zero-order chi connectivity index (χ0) is 17.5. The molecule has 1 aromatic carbocycles. The Bertz CT molecular complexity index is 906. The Morgan fingerprint density at radius 1 is 1.42 bits per heavy atom. The lowest BCUT2D eigenvalue weighted by Gasteiger charge is -2.18. The number of thiophene rings is 1. The summed E-state index contributed by atoms with van der Waals surface area (Å²) in [5, 5.41) is 0.619. The van der Waals surface area contributed by atoms with Crippen molar-refractivity contribution in [2.75, 3.05) is 4.72 Å². The molecule has 2 aromatic rings. The van der Waals surface area contributed by atoms with Crippen LogP contribution in [0.15, 0.2) is 29.2 Å². The van der Waals surface area contributed by atoms with Gasteiger partial charge < -0.3 is 5.73 Å². The first kappa shape index (κ1) is 17.3. The molecule has 0 radical (unpaired) electrons. The molecule has 0 spiro atoms. The summed E-state index contributed by atoms with van der Waals surface area (Å²) in [7, 11) is -3.84. The van der Waals surface area contributed by atoms with Crippen LogP contribution in [0, 0.1) is 5.92 Å². The summed E-state index contributed by atoms with van der Waals surface area (Å²) in [4.78, 5) is 13.0. The smallest absolute Gasteiger partial charge is 0.262 e. The molecular weight excluding hydrogens is 368 g/mol. The maximum Gasteiger partial charge on any atom is 0.262 e. The van der Waals surface area contributed by atoms with E-state index in [9.17, 15) is 13.2 Å². The van der Waals surface area contributed by atoms with E-state index >= 15 is 0 Å². The zero-order valence-corrected chi connectivity index (χ0v) is 15.4. The van der Waals surface area contributed by atoms with Crippen LogP contribution in [0.4, 0.5) is 5.00 Å². The number of hydrogen-bond donors (Lipinski definition) is 2. The van der Waals surface area contributed by atoms with Gasteiger partial charge in [0.05, 0.1) is 10.5 Å². The van der Waals surface area contributed by atoms with Crippen molar-refractivity contribution in [2.45, 2.75) is 31.1 Å². The third-order valence-electron chi connectivity index (χ3n) is 4.09. The van der Waals surface area contributed by atoms with Crippen molar-refractivity contribution in [1.29, 1.82) is 0 Å². The summed E-state index contributed by atoms with van der Waals surface area (Å²) in [5.41, 5.74) is 6.69. The van der Waals surface area contributed by atoms with Crippen LogP contribution in [0.2, 0.25) is 5.02 Å². The number of benzene rings is 1. The average molecular weight is 385 g/mol. The Kier molecular flexibility index (Phi) is 4.59. The van der Waals surface area contributed by atoms with Gasteiger partial charge in [-0.3, -0.25) is 9.52 Å². The minimum Gasteiger partial charge on any atom is -0.365 e. The standard InChI is InChI=1S/C16H17ClN2O3S2/c1-9-5-6-12-13(7-9)23-16(14(12)15(18)20)19-24(21,22)11-4-2-3-10(17)8-11/h2-4,8-9,19H,5-7H2,1H3,(H2,18,20)/t9-/m0/s1. The highest BCUT2D eigenvalue weighted by molar-refractivity contribution is 7.93. The van der Waals surface area contributed by atoms with Crippen molar-refractivity contribution in [3.8, 4) is 0 Å². The lowest BCUT2D eigenvalue weighted by molar-refractivity contribution is 0.100. The van der Waals surface area contributed by atoms with Crippen molar-refractivity contribution < 1.29 is 13.2 Å². The van der Waals surface area contributed by atoms with Crippen molar-refractivity contribution in [2.24, 2.45) is 11.7 Å². The normalized spacial score (nSPS) is 17.3. The molecule has 1 atom stereocenters. The van der Waals surface area contributed by atoms with E-state index in [0.717, 1.165) is 29.7 Å². The fourth-order valence-corrected chi connectivity index (χ4v) is 5.92. The molecule has 3 N–H and O–H groups in total. The topological polar surface area (TPSA) is 89.3 Å². The van der Waals surface area contributed by atoms with Crippen LogP contribution in [0.25, 0.3) is 0 Å². The first-order valence-corrected chi connectivity index (χ1v) is 10.2. The van der Waals surface area contributed by atoms with E-state index in [0.29, 0.717) is 21.5 Å². The van der Waals surface area contributed by atoms with Gasteiger partial charge in [-0.25, -0.2) is 8.42 Å². The Labute approximate surface area is 149 Å². The highest BCUT2D eigenvalue weighted by Crippen LogP contribution is 2.40. The number of nitrogens with two attached hydrogens (primary N) is 1. The van der Waals surface area contributed by atoms with Crippen LogP contribution in [-0.4, -0.2) is 14.3 Å². The van der Waals surface area contributed by atoms with Crippen molar-refractivity contribution in [3.05, 3.63) is 45.3 Å². The van der Waals surface area contributed by atoms with E-state index < -0.39 is 15.9 Å². The molecule has 1 aromatic heterocycles. The predicted molar refractivity (Wildman–Crippen MR) is 96.3 cm³/mol. The molecular formula is C16H17ClN2O3S2. The second kappa shape index (κ2) is 6.38. The van der Waals surface area contributed by atoms with E-state index in [4.69, 9.17) is 17.3 Å². The monoisotopic (exact) mass is 384 g/mol. The first-order valence-electron chi connectivity index (χ1n) is 7.50. The predicted octanol–water partition coefficient (Wildman–Crippen LogP) is 3.43. The highest BCUT2D eigenvalue weighted by Gasteiger charge is 2.28. The van der Waals surface area contributed by atoms with E-state index in [-0.39, 0.29) is 4.90 Å². The van der Waals surface area contributed by atoms with Crippen LogP contribution in [0.3, 0.4) is 0 Å². The van der Waals surface area contributed by atoms with E-state index in [2.05, 4.69) is 11.6 Å². The summed E-state index contributed by atoms with van der Waals surface area (Å²) in [6.45, 7) is 2.14. The number of sulfonamides is 1. The number of anilines is 1. The molecule has 8 heteroatoms. The number of amides is 1. The molecule has 3 rings (SSSR count). The van der Waals surface area contributed by atoms with Crippen LogP contribution < -0.4 is 10.5 Å². The molecule has 0 fully saturated rings. The zero-order valence-electron chi connectivity index (χ0n) is 13.0. The minimum absolute atomic E-state index is 0.0464. The minimum atomic E-state index is -3.84. The van der Waals surface area contributed by atoms with Gasteiger partial charge in [-0.1, -0.05) is 24.6 Å². The maximum absolute atomic E-state index is 12.6. The van der Waals surface area contributed by atoms with E-state index in [1.165, 1.54) is 23.5 Å². The molecule has 0 aliphatic heterocycles. The largest absolute Gasteiger partial charge is 0.365 e. The molecule has 1 heterocycles. The molecule has 1 aliphatic rings. The molecule has 1 amide bonds. The van der Waals surface area contributed by atoms with Gasteiger partial charge in [0.15, 0.2) is 0 Å². The van der Waals surface area contributed by atoms with Gasteiger partial charge in [-0.2, -0.15) is 0 Å². The molecule has 0 bridgehead atoms. The van der Waals surface area contributed by atoms with Gasteiger partial charge in [0.1, 0.15) is 5.00 Å². The lowest BCUT2D eigenvalue weighted by atomic mass is 9.88. The fraction of sp³-hybridized carbons (Fsp3) is 0.312. The Balaban J connectivity index is 2.02. The number of carbonyl (C=O) groups is 1. The van der Waals surface area contributed by atoms with Gasteiger partial charge in [0.25, 0.3) is 15.9 Å². The maximum atomic E-state index is 12.6. The van der Waals surface area contributed by atoms with Gasteiger partial charge in [0, 0.05) is 9.90 Å². The van der Waals surface area contributed by atoms with Crippen molar-refractivity contribution in [3.63, 3.8) is 0 Å². The number of carbonyl (C=O) groups excluding carboxylic acids is 1. The van der Waals surface area contributed by atoms with Crippen LogP contribution >= 0.6 is 22.9 Å². The van der Waals surface area contributed by atoms with Gasteiger partial charge in [0.2, 0.25) is 0 Å². The van der Waals surface area contributed by atoms with Gasteiger partial charge in [-0.15, -0.1) is 11.3 Å². The summed E-state index contributed by atoms with van der Waals surface area (Å²) in [6.07, 6.45) is 2.54. The molecule has 0 unspecified atom stereocenters. The fourth-order valence-electron chi connectivity index (χ4n) is 2.90. The number of hydrogen-bond acceptors (Lipinski definition) is 4. The SMILES string of the molecule is C[C@H]1CCc2c(sc(NS(=O)(=O)c3cccc(Cl)c3)c2C(N)=O)C1. The molecule has 0 saturated carbocycles. The molecule has 5 nitrogen and oxygen atoms in total. The number of rotatable bonds is 4. The third kappa shape index (κ3) is 3.29. The number of primary amides is 1.